The molecule has 1 aromatic carbocycles. The van der Waals surface area contributed by atoms with E-state index in [0.717, 1.165) is 10.8 Å². The molecule has 0 spiro atoms. The van der Waals surface area contributed by atoms with Gasteiger partial charge in [0.2, 0.25) is 0 Å². The molecule has 220 valence electrons. The third-order valence-electron chi connectivity index (χ3n) is 6.18. The molecule has 1 saturated heterocycles. The number of para-hydroxylation sites is 1. The number of hydrogen-bond donors (Lipinski definition) is 3. The molecule has 0 amide bonds. The molecule has 2 aromatic heterocycles. The Hall–Kier alpha value is -3.53. The van der Waals surface area contributed by atoms with E-state index in [1.165, 1.54) is 26.0 Å². The number of fused-ring (bicyclic) bond motifs is 1. The predicted octanol–water partition coefficient (Wildman–Crippen LogP) is 2.67. The number of carbonyl (C=O) groups is 1. The van der Waals surface area contributed by atoms with Crippen molar-refractivity contribution in [3.63, 3.8) is 0 Å². The minimum Gasteiger partial charge on any atom is -0.463 e. The number of aromatic nitrogens is 3. The number of aromatic amines is 1. The number of nitrogens with zero attached hydrogens (tertiary/aromatic N) is 2. The summed E-state index contributed by atoms with van der Waals surface area (Å²) in [6.07, 6.45) is -1.09. The van der Waals surface area contributed by atoms with E-state index in [2.05, 4.69) is 9.97 Å². The molecule has 1 aliphatic rings. The Kier molecular flexibility index (Phi) is 7.92. The van der Waals surface area contributed by atoms with Gasteiger partial charge in [-0.1, -0.05) is 31.0 Å². The van der Waals surface area contributed by atoms with Crippen molar-refractivity contribution in [2.45, 2.75) is 57.8 Å². The van der Waals surface area contributed by atoms with Crippen LogP contribution in [0.2, 0.25) is 0 Å². The van der Waals surface area contributed by atoms with Crippen molar-refractivity contribution >= 4 is 24.6 Å². The number of rotatable bonds is 10. The maximum absolute atomic E-state index is 14.8. The van der Waals surface area contributed by atoms with E-state index in [9.17, 15) is 28.8 Å². The van der Waals surface area contributed by atoms with Gasteiger partial charge in [0.15, 0.2) is 23.3 Å². The number of aliphatic hydroxyl groups is 2. The molecule has 4 rings (SSSR count). The minimum absolute atomic E-state index is 0.0258. The molecule has 1 aliphatic heterocycles. The standard InChI is InChI=1S/C27H31FN3O9P/c1-6-27(35)22(32)20(39-26(27)31-12-19(28)21-23(31)29-17(5)30-24(21)33)13-37-41(36,40-18-10-8-7-9-11-18)14-16(4)25(34)38-15(2)3/h1,7-12,15-16,20,22,26,32,35H,13-14H2,2-5H3,(H,29,30,33)/t16-,20-,22+,26-,27?,41+/m1/s1/i13D2. The number of ether oxygens (including phenoxy) is 2. The first-order valence-corrected chi connectivity index (χ1v) is 14.3. The molecule has 1 fully saturated rings. The summed E-state index contributed by atoms with van der Waals surface area (Å²) in [6.45, 7) is 2.85. The van der Waals surface area contributed by atoms with Crippen LogP contribution in [0.3, 0.4) is 0 Å². The molecule has 0 aliphatic carbocycles. The molecule has 6 atom stereocenters. The normalized spacial score (nSPS) is 25.7. The summed E-state index contributed by atoms with van der Waals surface area (Å²) in [6, 6.07) is 7.64. The highest BCUT2D eigenvalue weighted by atomic mass is 31.2. The van der Waals surface area contributed by atoms with Gasteiger partial charge in [-0.2, -0.15) is 0 Å². The Labute approximate surface area is 237 Å². The van der Waals surface area contributed by atoms with Crippen LogP contribution in [-0.4, -0.2) is 67.4 Å². The topological polar surface area (TPSA) is 162 Å². The van der Waals surface area contributed by atoms with Gasteiger partial charge >= 0.3 is 13.6 Å². The summed E-state index contributed by atoms with van der Waals surface area (Å²) in [7, 11) is -4.61. The van der Waals surface area contributed by atoms with Crippen LogP contribution in [0.15, 0.2) is 41.3 Å². The molecule has 3 heterocycles. The molecule has 1 unspecified atom stereocenters. The van der Waals surface area contributed by atoms with Crippen LogP contribution in [0.1, 0.15) is 35.6 Å². The van der Waals surface area contributed by atoms with Crippen LogP contribution in [0.25, 0.3) is 11.0 Å². The molecule has 12 nitrogen and oxygen atoms in total. The summed E-state index contributed by atoms with van der Waals surface area (Å²) < 4.78 is 68.8. The molecule has 0 radical (unpaired) electrons. The monoisotopic (exact) mass is 593 g/mol. The maximum atomic E-state index is 14.8. The third kappa shape index (κ3) is 6.22. The Morgan fingerprint density at radius 2 is 2.07 bits per heavy atom. The Morgan fingerprint density at radius 1 is 1.39 bits per heavy atom. The second-order valence-electron chi connectivity index (χ2n) is 9.85. The zero-order chi connectivity index (χ0) is 31.9. The number of terminal acetylenes is 1. The Bertz CT molecular complexity index is 1660. The lowest BCUT2D eigenvalue weighted by Gasteiger charge is -2.26. The third-order valence-corrected chi connectivity index (χ3v) is 8.04. The van der Waals surface area contributed by atoms with Gasteiger partial charge in [0, 0.05) is 6.20 Å². The molecule has 0 saturated carbocycles. The summed E-state index contributed by atoms with van der Waals surface area (Å²) in [4.78, 5) is 31.3. The number of nitrogens with one attached hydrogen (secondary N) is 1. The van der Waals surface area contributed by atoms with Crippen molar-refractivity contribution < 1.29 is 45.2 Å². The quantitative estimate of drug-likeness (QED) is 0.181. The fourth-order valence-corrected chi connectivity index (χ4v) is 5.96. The predicted molar refractivity (Wildman–Crippen MR) is 145 cm³/mol. The van der Waals surface area contributed by atoms with Gasteiger partial charge < -0.3 is 29.2 Å². The van der Waals surface area contributed by atoms with E-state index in [1.807, 2.05) is 5.92 Å². The van der Waals surface area contributed by atoms with E-state index in [4.69, 9.17) is 27.7 Å². The van der Waals surface area contributed by atoms with Crippen LogP contribution in [0.5, 0.6) is 5.75 Å². The highest BCUT2D eigenvalue weighted by Gasteiger charge is 2.56. The average Bonchev–Trinajstić information content (AvgIpc) is 3.37. The number of esters is 1. The van der Waals surface area contributed by atoms with Gasteiger partial charge in [-0.15, -0.1) is 6.42 Å². The van der Waals surface area contributed by atoms with Gasteiger partial charge in [-0.05, 0) is 32.9 Å². The summed E-state index contributed by atoms with van der Waals surface area (Å²) in [5, 5.41) is 21.9. The number of H-pyrrole nitrogens is 1. The van der Waals surface area contributed by atoms with Crippen LogP contribution >= 0.6 is 7.60 Å². The molecule has 3 N–H and O–H groups in total. The van der Waals surface area contributed by atoms with Crippen molar-refractivity contribution in [2.24, 2.45) is 5.92 Å². The first-order chi connectivity index (χ1) is 20.0. The number of aliphatic hydroxyl groups excluding tert-OH is 1. The summed E-state index contributed by atoms with van der Waals surface area (Å²) in [5.41, 5.74) is -3.85. The van der Waals surface area contributed by atoms with Crippen molar-refractivity contribution in [3.05, 3.63) is 58.5 Å². The number of aryl methyl sites for hydroxylation is 1. The second kappa shape index (κ2) is 11.8. The molecule has 41 heavy (non-hydrogen) atoms. The van der Waals surface area contributed by atoms with E-state index in [0.29, 0.717) is 0 Å². The number of halogens is 1. The van der Waals surface area contributed by atoms with Gasteiger partial charge in [-0.3, -0.25) is 18.7 Å². The lowest BCUT2D eigenvalue weighted by Crippen LogP contribution is -2.46. The molecule has 0 bridgehead atoms. The minimum atomic E-state index is -4.61. The van der Waals surface area contributed by atoms with Gasteiger partial charge in [0.05, 0.1) is 27.5 Å². The smallest absolute Gasteiger partial charge is 0.380 e. The number of carbonyl (C=O) groups excluding carboxylic acids is 1. The SMILES string of the molecule is [2H]C([2H])(O[P@@](=O)(C[C@@H](C)C(=O)OC(C)C)Oc1ccccc1)[C@H]1O[C@@H](n2cc(F)c3c(=O)[nH]c(C)nc32)C(O)(C#C)[C@H]1O. The van der Waals surface area contributed by atoms with Crippen molar-refractivity contribution in [2.75, 3.05) is 12.7 Å². The van der Waals surface area contributed by atoms with Crippen molar-refractivity contribution in [1.29, 1.82) is 0 Å². The second-order valence-corrected chi connectivity index (χ2v) is 11.8. The van der Waals surface area contributed by atoms with Gasteiger partial charge in [0.25, 0.3) is 5.56 Å². The van der Waals surface area contributed by atoms with E-state index in [-0.39, 0.29) is 17.2 Å². The fourth-order valence-electron chi connectivity index (χ4n) is 4.25. The lowest BCUT2D eigenvalue weighted by molar-refractivity contribution is -0.151. The number of benzene rings is 1. The van der Waals surface area contributed by atoms with E-state index < -0.39 is 79.1 Å². The first-order valence-electron chi connectivity index (χ1n) is 13.6. The van der Waals surface area contributed by atoms with E-state index in [1.54, 1.807) is 32.0 Å². The zero-order valence-corrected chi connectivity index (χ0v) is 23.5. The molecule has 14 heteroatoms. The molecule has 3 aromatic rings. The zero-order valence-electron chi connectivity index (χ0n) is 24.6. The summed E-state index contributed by atoms with van der Waals surface area (Å²) in [5.74, 6) is -0.815. The average molecular weight is 594 g/mol. The Morgan fingerprint density at radius 3 is 2.71 bits per heavy atom. The van der Waals surface area contributed by atoms with Crippen LogP contribution in [0, 0.1) is 31.0 Å². The molecular weight excluding hydrogens is 560 g/mol. The maximum Gasteiger partial charge on any atom is 0.380 e. The van der Waals surface area contributed by atoms with Gasteiger partial charge in [0.1, 0.15) is 29.2 Å². The van der Waals surface area contributed by atoms with E-state index >= 15 is 0 Å². The van der Waals surface area contributed by atoms with Crippen molar-refractivity contribution in [1.82, 2.24) is 14.5 Å². The highest BCUT2D eigenvalue weighted by Crippen LogP contribution is 2.51. The number of hydrogen-bond acceptors (Lipinski definition) is 10. The highest BCUT2D eigenvalue weighted by molar-refractivity contribution is 7.54. The van der Waals surface area contributed by atoms with Crippen LogP contribution < -0.4 is 10.1 Å². The van der Waals surface area contributed by atoms with Crippen LogP contribution in [-0.2, 0) is 23.4 Å². The fraction of sp³-hybridized carbons (Fsp3) is 0.444. The van der Waals surface area contributed by atoms with Crippen molar-refractivity contribution in [3.8, 4) is 18.1 Å². The first kappa shape index (κ1) is 27.6. The van der Waals surface area contributed by atoms with Crippen LogP contribution in [0.4, 0.5) is 4.39 Å². The lowest BCUT2D eigenvalue weighted by atomic mass is 9.95. The largest absolute Gasteiger partial charge is 0.463 e. The van der Waals surface area contributed by atoms with Gasteiger partial charge in [-0.25, -0.2) is 13.9 Å². The molecular formula is C27H31FN3O9P. The Balaban J connectivity index is 1.71. The summed E-state index contributed by atoms with van der Waals surface area (Å²) >= 11 is 0.